The maximum absolute atomic E-state index is 14.5. The van der Waals surface area contributed by atoms with Crippen molar-refractivity contribution in [1.29, 1.82) is 0 Å². The average Bonchev–Trinajstić information content (AvgIpc) is 3.08. The number of primary amides is 1. The SMILES string of the molecule is C[C@@]1(c2ccc(-n3cc4cccc(C(N)=O)c4n3)cc2)CNCCC1(F)F. The molecule has 2 aromatic carbocycles. The lowest BCUT2D eigenvalue weighted by Crippen LogP contribution is -2.55. The number of nitrogens with zero attached hydrogens (tertiary/aromatic N) is 2. The van der Waals surface area contributed by atoms with E-state index in [1.54, 1.807) is 54.2 Å². The molecule has 0 saturated carbocycles. The van der Waals surface area contributed by atoms with Crippen molar-refractivity contribution in [3.05, 3.63) is 59.8 Å². The van der Waals surface area contributed by atoms with Gasteiger partial charge in [0.15, 0.2) is 0 Å². The van der Waals surface area contributed by atoms with Gasteiger partial charge in [-0.2, -0.15) is 5.10 Å². The van der Waals surface area contributed by atoms with E-state index in [0.29, 0.717) is 23.2 Å². The molecule has 1 aliphatic heterocycles. The van der Waals surface area contributed by atoms with Gasteiger partial charge in [0.1, 0.15) is 5.52 Å². The molecule has 0 bridgehead atoms. The fourth-order valence-electron chi connectivity index (χ4n) is 3.66. The zero-order valence-electron chi connectivity index (χ0n) is 14.9. The van der Waals surface area contributed by atoms with Crippen molar-refractivity contribution in [2.45, 2.75) is 24.7 Å². The molecule has 140 valence electrons. The van der Waals surface area contributed by atoms with E-state index in [-0.39, 0.29) is 13.0 Å². The number of piperidine rings is 1. The van der Waals surface area contributed by atoms with E-state index in [1.165, 1.54) is 0 Å². The van der Waals surface area contributed by atoms with Crippen LogP contribution in [0.5, 0.6) is 0 Å². The van der Waals surface area contributed by atoms with Crippen molar-refractivity contribution >= 4 is 16.8 Å². The molecule has 2 heterocycles. The molecule has 3 N–H and O–H groups in total. The first-order chi connectivity index (χ1) is 12.8. The summed E-state index contributed by atoms with van der Waals surface area (Å²) in [5, 5.41) is 8.30. The number of aromatic nitrogens is 2. The van der Waals surface area contributed by atoms with Gasteiger partial charge in [0.25, 0.3) is 11.8 Å². The number of rotatable bonds is 3. The lowest BCUT2D eigenvalue weighted by atomic mass is 9.73. The van der Waals surface area contributed by atoms with Crippen molar-refractivity contribution in [1.82, 2.24) is 15.1 Å². The summed E-state index contributed by atoms with van der Waals surface area (Å²) in [5.74, 6) is -3.31. The molecule has 4 rings (SSSR count). The Morgan fingerprint density at radius 3 is 2.63 bits per heavy atom. The zero-order chi connectivity index (χ0) is 19.2. The van der Waals surface area contributed by atoms with Crippen molar-refractivity contribution in [3.8, 4) is 5.69 Å². The summed E-state index contributed by atoms with van der Waals surface area (Å²) in [4.78, 5) is 11.6. The molecule has 5 nitrogen and oxygen atoms in total. The molecule has 1 saturated heterocycles. The van der Waals surface area contributed by atoms with Gasteiger partial charge in [0, 0.05) is 31.1 Å². The van der Waals surface area contributed by atoms with E-state index in [4.69, 9.17) is 5.73 Å². The maximum Gasteiger partial charge on any atom is 0.259 e. The van der Waals surface area contributed by atoms with Gasteiger partial charge < -0.3 is 11.1 Å². The van der Waals surface area contributed by atoms with Crippen LogP contribution in [-0.2, 0) is 5.41 Å². The minimum Gasteiger partial charge on any atom is -0.366 e. The predicted molar refractivity (Wildman–Crippen MR) is 99.4 cm³/mol. The van der Waals surface area contributed by atoms with Crippen molar-refractivity contribution < 1.29 is 13.6 Å². The summed E-state index contributed by atoms with van der Waals surface area (Å²) >= 11 is 0. The van der Waals surface area contributed by atoms with Crippen LogP contribution in [0, 0.1) is 0 Å². The average molecular weight is 370 g/mol. The normalized spacial score (nSPS) is 22.0. The number of hydrogen-bond donors (Lipinski definition) is 2. The molecule has 1 aromatic heterocycles. The highest BCUT2D eigenvalue weighted by Crippen LogP contribution is 2.43. The summed E-state index contributed by atoms with van der Waals surface area (Å²) < 4.78 is 30.7. The number of amides is 1. The second-order valence-corrected chi connectivity index (χ2v) is 7.19. The van der Waals surface area contributed by atoms with E-state index < -0.39 is 17.2 Å². The van der Waals surface area contributed by atoms with Crippen LogP contribution in [0.15, 0.2) is 48.7 Å². The van der Waals surface area contributed by atoms with Gasteiger partial charge in [-0.1, -0.05) is 24.3 Å². The standard InChI is InChI=1S/C20H20F2N4O/c1-19(12-24-10-9-20(19,21)22)14-5-7-15(8-6-14)26-11-13-3-2-4-16(18(23)27)17(13)25-26/h2-8,11,24H,9-10,12H2,1H3,(H2,23,27)/t19-/m0/s1. The highest BCUT2D eigenvalue weighted by molar-refractivity contribution is 6.04. The number of hydrogen-bond acceptors (Lipinski definition) is 3. The third-order valence-electron chi connectivity index (χ3n) is 5.47. The van der Waals surface area contributed by atoms with E-state index in [9.17, 15) is 13.6 Å². The molecule has 0 radical (unpaired) electrons. The van der Waals surface area contributed by atoms with Gasteiger partial charge in [0.2, 0.25) is 0 Å². The van der Waals surface area contributed by atoms with Gasteiger partial charge in [-0.15, -0.1) is 0 Å². The predicted octanol–water partition coefficient (Wildman–Crippen LogP) is 3.01. The lowest BCUT2D eigenvalue weighted by molar-refractivity contribution is -0.0921. The van der Waals surface area contributed by atoms with Gasteiger partial charge in [0.05, 0.1) is 16.7 Å². The minimum atomic E-state index is -2.77. The van der Waals surface area contributed by atoms with Crippen LogP contribution in [-0.4, -0.2) is 34.7 Å². The molecule has 0 aliphatic carbocycles. The zero-order valence-corrected chi connectivity index (χ0v) is 14.9. The molecule has 1 atom stereocenters. The Hall–Kier alpha value is -2.80. The maximum atomic E-state index is 14.5. The lowest BCUT2D eigenvalue weighted by Gasteiger charge is -2.42. The first kappa shape index (κ1) is 17.6. The van der Waals surface area contributed by atoms with E-state index in [0.717, 1.165) is 11.1 Å². The van der Waals surface area contributed by atoms with Gasteiger partial charge in [-0.3, -0.25) is 4.79 Å². The number of carbonyl (C=O) groups is 1. The number of nitrogens with two attached hydrogens (primary N) is 1. The largest absolute Gasteiger partial charge is 0.366 e. The molecule has 1 aliphatic rings. The molecule has 1 amide bonds. The fraction of sp³-hybridized carbons (Fsp3) is 0.300. The van der Waals surface area contributed by atoms with Gasteiger partial charge in [-0.25, -0.2) is 13.5 Å². The smallest absolute Gasteiger partial charge is 0.259 e. The Labute approximate surface area is 155 Å². The van der Waals surface area contributed by atoms with Crippen molar-refractivity contribution in [3.63, 3.8) is 0 Å². The quantitative estimate of drug-likeness (QED) is 0.744. The van der Waals surface area contributed by atoms with Crippen LogP contribution in [0.3, 0.4) is 0 Å². The number of halogens is 2. The van der Waals surface area contributed by atoms with Crippen LogP contribution >= 0.6 is 0 Å². The first-order valence-corrected chi connectivity index (χ1v) is 8.79. The second-order valence-electron chi connectivity index (χ2n) is 7.19. The highest BCUT2D eigenvalue weighted by Gasteiger charge is 2.52. The van der Waals surface area contributed by atoms with Crippen molar-refractivity contribution in [2.75, 3.05) is 13.1 Å². The van der Waals surface area contributed by atoms with Crippen LogP contribution in [0.1, 0.15) is 29.3 Å². The molecule has 0 spiro atoms. The summed E-state index contributed by atoms with van der Waals surface area (Å²) in [5.41, 5.74) is 6.33. The minimum absolute atomic E-state index is 0.175. The van der Waals surface area contributed by atoms with Crippen LogP contribution in [0.2, 0.25) is 0 Å². The third-order valence-corrected chi connectivity index (χ3v) is 5.47. The second kappa shape index (κ2) is 6.13. The Bertz CT molecular complexity index is 1010. The number of benzene rings is 2. The number of nitrogens with one attached hydrogen (secondary N) is 1. The molecule has 0 unspecified atom stereocenters. The molecule has 1 fully saturated rings. The summed E-state index contributed by atoms with van der Waals surface area (Å²) in [6.45, 7) is 2.14. The van der Waals surface area contributed by atoms with Crippen LogP contribution in [0.25, 0.3) is 16.6 Å². The van der Waals surface area contributed by atoms with Gasteiger partial charge in [-0.05, 0) is 30.7 Å². The monoisotopic (exact) mass is 370 g/mol. The van der Waals surface area contributed by atoms with E-state index in [1.807, 2.05) is 6.07 Å². The number of carbonyl (C=O) groups excluding carboxylic acids is 1. The van der Waals surface area contributed by atoms with Crippen LogP contribution < -0.4 is 11.1 Å². The molecular weight excluding hydrogens is 350 g/mol. The topological polar surface area (TPSA) is 72.9 Å². The molecule has 7 heteroatoms. The Kier molecular flexibility index (Phi) is 3.99. The Morgan fingerprint density at radius 1 is 1.22 bits per heavy atom. The summed E-state index contributed by atoms with van der Waals surface area (Å²) in [7, 11) is 0. The molecular formula is C20H20F2N4O. The number of alkyl halides is 2. The highest BCUT2D eigenvalue weighted by atomic mass is 19.3. The van der Waals surface area contributed by atoms with E-state index in [2.05, 4.69) is 10.4 Å². The van der Waals surface area contributed by atoms with E-state index >= 15 is 0 Å². The fourth-order valence-corrected chi connectivity index (χ4v) is 3.66. The first-order valence-electron chi connectivity index (χ1n) is 8.79. The van der Waals surface area contributed by atoms with Crippen molar-refractivity contribution in [2.24, 2.45) is 5.73 Å². The Morgan fingerprint density at radius 2 is 1.96 bits per heavy atom. The number of fused-ring (bicyclic) bond motifs is 1. The van der Waals surface area contributed by atoms with Gasteiger partial charge >= 0.3 is 0 Å². The molecule has 3 aromatic rings. The molecule has 27 heavy (non-hydrogen) atoms. The third kappa shape index (κ3) is 2.78. The Balaban J connectivity index is 1.72. The van der Waals surface area contributed by atoms with Crippen LogP contribution in [0.4, 0.5) is 8.78 Å². The summed E-state index contributed by atoms with van der Waals surface area (Å²) in [6, 6.07) is 12.2. The summed E-state index contributed by atoms with van der Waals surface area (Å²) in [6.07, 6.45) is 1.61.